The maximum atomic E-state index is 12.5. The third-order valence-electron chi connectivity index (χ3n) is 4.14. The molecule has 0 aliphatic carbocycles. The summed E-state index contributed by atoms with van der Waals surface area (Å²) >= 11 is 0. The van der Waals surface area contributed by atoms with Gasteiger partial charge >= 0.3 is 0 Å². The molecule has 3 rings (SSSR count). The van der Waals surface area contributed by atoms with Gasteiger partial charge in [0, 0.05) is 19.2 Å². The number of benzene rings is 1. The lowest BCUT2D eigenvalue weighted by Gasteiger charge is -2.09. The van der Waals surface area contributed by atoms with E-state index >= 15 is 0 Å². The van der Waals surface area contributed by atoms with Gasteiger partial charge in [0.2, 0.25) is 0 Å². The van der Waals surface area contributed by atoms with Crippen LogP contribution in [0.15, 0.2) is 39.6 Å². The maximum Gasteiger partial charge on any atom is 0.257 e. The Labute approximate surface area is 139 Å². The molecule has 124 valence electrons. The molecule has 0 saturated carbocycles. The van der Waals surface area contributed by atoms with Crippen molar-refractivity contribution in [2.24, 2.45) is 7.05 Å². The number of nitrogens with one attached hydrogen (secondary N) is 1. The minimum absolute atomic E-state index is 0.119. The van der Waals surface area contributed by atoms with Crippen LogP contribution in [0.25, 0.3) is 10.9 Å². The molecule has 0 saturated heterocycles. The largest absolute Gasteiger partial charge is 0.361 e. The SMILES string of the molecule is CCc1noc(C)c1C(=O)NCc1cc2ccccc2n(C)c1=O. The van der Waals surface area contributed by atoms with Crippen molar-refractivity contribution in [3.63, 3.8) is 0 Å². The van der Waals surface area contributed by atoms with Crippen molar-refractivity contribution in [1.82, 2.24) is 15.0 Å². The number of carbonyl (C=O) groups is 1. The summed E-state index contributed by atoms with van der Waals surface area (Å²) in [5.41, 5.74) is 2.36. The molecule has 0 fully saturated rings. The number of hydrogen-bond donors (Lipinski definition) is 1. The molecule has 2 aromatic heterocycles. The summed E-state index contributed by atoms with van der Waals surface area (Å²) in [5, 5.41) is 7.64. The van der Waals surface area contributed by atoms with Crippen LogP contribution in [0.4, 0.5) is 0 Å². The fourth-order valence-electron chi connectivity index (χ4n) is 2.83. The highest BCUT2D eigenvalue weighted by molar-refractivity contribution is 5.96. The van der Waals surface area contributed by atoms with Crippen LogP contribution in [-0.2, 0) is 20.0 Å². The summed E-state index contributed by atoms with van der Waals surface area (Å²) in [6.07, 6.45) is 0.609. The number of nitrogens with zero attached hydrogens (tertiary/aromatic N) is 2. The molecule has 0 aliphatic rings. The Morgan fingerprint density at radius 3 is 2.83 bits per heavy atom. The van der Waals surface area contributed by atoms with Crippen molar-refractivity contribution in [3.05, 3.63) is 63.3 Å². The van der Waals surface area contributed by atoms with Crippen molar-refractivity contribution in [2.45, 2.75) is 26.8 Å². The minimum atomic E-state index is -0.277. The van der Waals surface area contributed by atoms with Crippen molar-refractivity contribution in [1.29, 1.82) is 0 Å². The third-order valence-corrected chi connectivity index (χ3v) is 4.14. The molecule has 0 bridgehead atoms. The summed E-state index contributed by atoms with van der Waals surface area (Å²) in [6.45, 7) is 3.77. The number of fused-ring (bicyclic) bond motifs is 1. The van der Waals surface area contributed by atoms with Gasteiger partial charge in [-0.25, -0.2) is 0 Å². The first kappa shape index (κ1) is 16.0. The van der Waals surface area contributed by atoms with Gasteiger partial charge < -0.3 is 14.4 Å². The van der Waals surface area contributed by atoms with Crippen LogP contribution in [0.3, 0.4) is 0 Å². The van der Waals surface area contributed by atoms with E-state index in [2.05, 4.69) is 10.5 Å². The Morgan fingerprint density at radius 2 is 2.08 bits per heavy atom. The van der Waals surface area contributed by atoms with E-state index in [0.717, 1.165) is 10.9 Å². The number of aromatic nitrogens is 2. The zero-order valence-corrected chi connectivity index (χ0v) is 13.9. The van der Waals surface area contributed by atoms with Crippen molar-refractivity contribution in [2.75, 3.05) is 0 Å². The molecule has 1 amide bonds. The fraction of sp³-hybridized carbons (Fsp3) is 0.278. The normalized spacial score (nSPS) is 11.0. The van der Waals surface area contributed by atoms with E-state index in [1.54, 1.807) is 18.5 Å². The number of para-hydroxylation sites is 1. The van der Waals surface area contributed by atoms with Crippen molar-refractivity contribution < 1.29 is 9.32 Å². The second kappa shape index (κ2) is 6.31. The van der Waals surface area contributed by atoms with E-state index in [9.17, 15) is 9.59 Å². The van der Waals surface area contributed by atoms with E-state index in [1.165, 1.54) is 0 Å². The zero-order valence-electron chi connectivity index (χ0n) is 13.9. The quantitative estimate of drug-likeness (QED) is 0.798. The lowest BCUT2D eigenvalue weighted by atomic mass is 10.1. The van der Waals surface area contributed by atoms with E-state index in [1.807, 2.05) is 37.3 Å². The first-order valence-corrected chi connectivity index (χ1v) is 7.84. The van der Waals surface area contributed by atoms with Crippen molar-refractivity contribution >= 4 is 16.8 Å². The van der Waals surface area contributed by atoms with Gasteiger partial charge in [0.05, 0.1) is 11.2 Å². The number of hydrogen-bond acceptors (Lipinski definition) is 4. The van der Waals surface area contributed by atoms with Crippen LogP contribution in [0, 0.1) is 6.92 Å². The topological polar surface area (TPSA) is 77.1 Å². The summed E-state index contributed by atoms with van der Waals surface area (Å²) < 4.78 is 6.68. The van der Waals surface area contributed by atoms with E-state index in [4.69, 9.17) is 4.52 Å². The molecular weight excluding hydrogens is 306 g/mol. The third kappa shape index (κ3) is 2.71. The standard InChI is InChI=1S/C18H19N3O3/c1-4-14-16(11(2)24-20-14)17(22)19-10-13-9-12-7-5-6-8-15(12)21(3)18(13)23/h5-9H,4,10H2,1-3H3,(H,19,22). The molecule has 24 heavy (non-hydrogen) atoms. The number of pyridine rings is 1. The molecule has 2 heterocycles. The Morgan fingerprint density at radius 1 is 1.33 bits per heavy atom. The van der Waals surface area contributed by atoms with E-state index in [0.29, 0.717) is 29.0 Å². The Bertz CT molecular complexity index is 969. The fourth-order valence-corrected chi connectivity index (χ4v) is 2.83. The van der Waals surface area contributed by atoms with Gasteiger partial charge in [0.25, 0.3) is 11.5 Å². The molecule has 0 radical (unpaired) electrons. The predicted molar refractivity (Wildman–Crippen MR) is 91.0 cm³/mol. The lowest BCUT2D eigenvalue weighted by Crippen LogP contribution is -2.29. The highest BCUT2D eigenvalue weighted by atomic mass is 16.5. The van der Waals surface area contributed by atoms with Gasteiger partial charge in [0.1, 0.15) is 11.3 Å². The molecule has 1 N–H and O–H groups in total. The smallest absolute Gasteiger partial charge is 0.257 e. The average molecular weight is 325 g/mol. The van der Waals surface area contributed by atoms with Crippen LogP contribution in [0.2, 0.25) is 0 Å². The van der Waals surface area contributed by atoms with Crippen LogP contribution in [0.5, 0.6) is 0 Å². The van der Waals surface area contributed by atoms with Gasteiger partial charge in [-0.05, 0) is 30.9 Å². The molecule has 0 aliphatic heterocycles. The Hall–Kier alpha value is -2.89. The van der Waals surface area contributed by atoms with Gasteiger partial charge in [-0.3, -0.25) is 9.59 Å². The first-order valence-electron chi connectivity index (χ1n) is 7.84. The molecule has 0 atom stereocenters. The highest BCUT2D eigenvalue weighted by Crippen LogP contribution is 2.15. The summed E-state index contributed by atoms with van der Waals surface area (Å²) in [5.74, 6) is 0.205. The number of carbonyl (C=O) groups excluding carboxylic acids is 1. The Kier molecular flexibility index (Phi) is 4.20. The van der Waals surface area contributed by atoms with E-state index < -0.39 is 0 Å². The number of rotatable bonds is 4. The maximum absolute atomic E-state index is 12.5. The summed E-state index contributed by atoms with van der Waals surface area (Å²) in [6, 6.07) is 9.47. The molecule has 3 aromatic rings. The number of amides is 1. The van der Waals surface area contributed by atoms with Crippen molar-refractivity contribution in [3.8, 4) is 0 Å². The van der Waals surface area contributed by atoms with Gasteiger partial charge in [-0.1, -0.05) is 30.3 Å². The minimum Gasteiger partial charge on any atom is -0.361 e. The molecule has 6 nitrogen and oxygen atoms in total. The monoisotopic (exact) mass is 325 g/mol. The summed E-state index contributed by atoms with van der Waals surface area (Å²) in [7, 11) is 1.73. The Balaban J connectivity index is 1.88. The number of aryl methyl sites for hydroxylation is 3. The molecule has 0 unspecified atom stereocenters. The predicted octanol–water partition coefficient (Wildman–Crippen LogP) is 2.33. The molecule has 0 spiro atoms. The van der Waals surface area contributed by atoms with E-state index in [-0.39, 0.29) is 18.0 Å². The van der Waals surface area contributed by atoms with Gasteiger partial charge in [-0.15, -0.1) is 0 Å². The van der Waals surface area contributed by atoms with Crippen LogP contribution in [0.1, 0.15) is 34.3 Å². The van der Waals surface area contributed by atoms with Crippen LogP contribution in [-0.4, -0.2) is 15.6 Å². The second-order valence-electron chi connectivity index (χ2n) is 5.69. The molecule has 1 aromatic carbocycles. The highest BCUT2D eigenvalue weighted by Gasteiger charge is 2.19. The first-order chi connectivity index (χ1) is 11.5. The van der Waals surface area contributed by atoms with Crippen LogP contribution >= 0.6 is 0 Å². The molecular formula is C18H19N3O3. The van der Waals surface area contributed by atoms with Gasteiger partial charge in [0.15, 0.2) is 0 Å². The van der Waals surface area contributed by atoms with Crippen LogP contribution < -0.4 is 10.9 Å². The van der Waals surface area contributed by atoms with Gasteiger partial charge in [-0.2, -0.15) is 0 Å². The second-order valence-corrected chi connectivity index (χ2v) is 5.69. The zero-order chi connectivity index (χ0) is 17.3. The summed E-state index contributed by atoms with van der Waals surface area (Å²) in [4.78, 5) is 24.9. The molecule has 6 heteroatoms. The lowest BCUT2D eigenvalue weighted by molar-refractivity contribution is 0.0948. The average Bonchev–Trinajstić information content (AvgIpc) is 2.97.